The molecular weight excluding hydrogens is 294 g/mol. The van der Waals surface area contributed by atoms with Gasteiger partial charge in [0, 0.05) is 6.42 Å². The number of esters is 1. The zero-order chi connectivity index (χ0) is 14.4. The highest BCUT2D eigenvalue weighted by atomic mass is 35.5. The molecule has 0 aliphatic heterocycles. The molecule has 0 bridgehead atoms. The van der Waals surface area contributed by atoms with E-state index in [1.807, 2.05) is 0 Å². The third-order valence-electron chi connectivity index (χ3n) is 2.29. The molecule has 0 aliphatic rings. The van der Waals surface area contributed by atoms with Crippen molar-refractivity contribution in [3.63, 3.8) is 0 Å². The first-order valence-corrected chi connectivity index (χ1v) is 6.55. The van der Waals surface area contributed by atoms with E-state index in [0.717, 1.165) is 11.3 Å². The molecule has 1 amide bonds. The van der Waals surface area contributed by atoms with Crippen LogP contribution in [0.5, 0.6) is 0 Å². The summed E-state index contributed by atoms with van der Waals surface area (Å²) < 4.78 is 4.41. The van der Waals surface area contributed by atoms with Gasteiger partial charge in [-0.15, -0.1) is 11.3 Å². The van der Waals surface area contributed by atoms with Crippen molar-refractivity contribution in [1.82, 2.24) is 5.32 Å². The third-order valence-corrected chi connectivity index (χ3v) is 3.63. The van der Waals surface area contributed by atoms with Crippen LogP contribution in [0.1, 0.15) is 22.5 Å². The fourth-order valence-electron chi connectivity index (χ4n) is 1.30. The number of halogens is 1. The van der Waals surface area contributed by atoms with Gasteiger partial charge in [-0.1, -0.05) is 11.6 Å². The van der Waals surface area contributed by atoms with Crippen LogP contribution in [0.3, 0.4) is 0 Å². The molecule has 0 spiro atoms. The van der Waals surface area contributed by atoms with E-state index in [0.29, 0.717) is 0 Å². The molecular formula is C11H12ClNO5S. The Hall–Kier alpha value is -1.60. The lowest BCUT2D eigenvalue weighted by Crippen LogP contribution is -2.40. The number of ether oxygens (including phenoxy) is 1. The summed E-state index contributed by atoms with van der Waals surface area (Å²) in [6.07, 6.45) is -0.136. The molecule has 1 heterocycles. The fraction of sp³-hybridized carbons (Fsp3) is 0.364. The quantitative estimate of drug-likeness (QED) is 0.778. The SMILES string of the molecule is COC(=O)CCC(NC(=O)c1sccc1Cl)C(=O)O. The number of carboxylic acids is 1. The molecule has 8 heteroatoms. The Kier molecular flexibility index (Phi) is 5.78. The minimum absolute atomic E-state index is 0.0449. The molecule has 0 aromatic carbocycles. The normalized spacial score (nSPS) is 11.7. The number of hydrogen-bond acceptors (Lipinski definition) is 5. The highest BCUT2D eigenvalue weighted by Crippen LogP contribution is 2.21. The minimum Gasteiger partial charge on any atom is -0.480 e. The Balaban J connectivity index is 2.64. The number of amides is 1. The van der Waals surface area contributed by atoms with Gasteiger partial charge in [-0.05, 0) is 17.9 Å². The second kappa shape index (κ2) is 7.10. The second-order valence-corrected chi connectivity index (χ2v) is 4.90. The molecule has 1 aromatic heterocycles. The van der Waals surface area contributed by atoms with E-state index in [9.17, 15) is 14.4 Å². The molecule has 1 rings (SSSR count). The summed E-state index contributed by atoms with van der Waals surface area (Å²) in [4.78, 5) is 34.0. The number of carbonyl (C=O) groups is 3. The number of nitrogens with one attached hydrogen (secondary N) is 1. The standard InChI is InChI=1S/C11H12ClNO5S/c1-18-8(14)3-2-7(11(16)17)13-10(15)9-6(12)4-5-19-9/h4-5,7H,2-3H2,1H3,(H,13,15)(H,16,17). The summed E-state index contributed by atoms with van der Waals surface area (Å²) in [6, 6.07) is 0.385. The number of aliphatic carboxylic acids is 1. The predicted molar refractivity (Wildman–Crippen MR) is 69.5 cm³/mol. The van der Waals surface area contributed by atoms with Crippen LogP contribution in [0.2, 0.25) is 5.02 Å². The fourth-order valence-corrected chi connectivity index (χ4v) is 2.35. The van der Waals surface area contributed by atoms with E-state index in [-0.39, 0.29) is 22.7 Å². The molecule has 19 heavy (non-hydrogen) atoms. The largest absolute Gasteiger partial charge is 0.480 e. The Morgan fingerprint density at radius 2 is 2.21 bits per heavy atom. The third kappa shape index (κ3) is 4.53. The van der Waals surface area contributed by atoms with Crippen molar-refractivity contribution in [1.29, 1.82) is 0 Å². The monoisotopic (exact) mass is 305 g/mol. The van der Waals surface area contributed by atoms with Gasteiger partial charge in [0.1, 0.15) is 10.9 Å². The van der Waals surface area contributed by atoms with E-state index in [1.54, 1.807) is 11.4 Å². The average Bonchev–Trinajstić information content (AvgIpc) is 2.79. The van der Waals surface area contributed by atoms with Gasteiger partial charge in [0.05, 0.1) is 12.1 Å². The number of thiophene rings is 1. The van der Waals surface area contributed by atoms with Crippen molar-refractivity contribution in [2.75, 3.05) is 7.11 Å². The summed E-state index contributed by atoms with van der Waals surface area (Å²) in [5.74, 6) is -2.32. The topological polar surface area (TPSA) is 92.7 Å². The lowest BCUT2D eigenvalue weighted by molar-refractivity contribution is -0.142. The van der Waals surface area contributed by atoms with Crippen LogP contribution < -0.4 is 5.32 Å². The number of rotatable bonds is 6. The maximum absolute atomic E-state index is 11.8. The summed E-state index contributed by atoms with van der Waals surface area (Å²) in [5.41, 5.74) is 0. The minimum atomic E-state index is -1.22. The Morgan fingerprint density at radius 1 is 1.53 bits per heavy atom. The van der Waals surface area contributed by atoms with E-state index in [2.05, 4.69) is 10.1 Å². The van der Waals surface area contributed by atoms with Crippen molar-refractivity contribution in [2.45, 2.75) is 18.9 Å². The lowest BCUT2D eigenvalue weighted by atomic mass is 10.1. The van der Waals surface area contributed by atoms with Gasteiger partial charge in [-0.2, -0.15) is 0 Å². The van der Waals surface area contributed by atoms with E-state index in [1.165, 1.54) is 7.11 Å². The Morgan fingerprint density at radius 3 is 2.68 bits per heavy atom. The second-order valence-electron chi connectivity index (χ2n) is 3.58. The maximum atomic E-state index is 11.8. The van der Waals surface area contributed by atoms with Crippen LogP contribution in [-0.2, 0) is 14.3 Å². The van der Waals surface area contributed by atoms with Gasteiger partial charge in [-0.3, -0.25) is 9.59 Å². The highest BCUT2D eigenvalue weighted by molar-refractivity contribution is 7.12. The first-order valence-electron chi connectivity index (χ1n) is 5.29. The molecule has 104 valence electrons. The lowest BCUT2D eigenvalue weighted by Gasteiger charge is -2.13. The maximum Gasteiger partial charge on any atom is 0.326 e. The van der Waals surface area contributed by atoms with Crippen LogP contribution >= 0.6 is 22.9 Å². The van der Waals surface area contributed by atoms with E-state index in [4.69, 9.17) is 16.7 Å². The molecule has 0 fully saturated rings. The smallest absolute Gasteiger partial charge is 0.326 e. The van der Waals surface area contributed by atoms with Crippen molar-refractivity contribution in [3.8, 4) is 0 Å². The molecule has 0 saturated heterocycles. The van der Waals surface area contributed by atoms with Gasteiger partial charge >= 0.3 is 11.9 Å². The highest BCUT2D eigenvalue weighted by Gasteiger charge is 2.23. The molecule has 1 atom stereocenters. The van der Waals surface area contributed by atoms with Crippen molar-refractivity contribution in [2.24, 2.45) is 0 Å². The predicted octanol–water partition coefficient (Wildman–Crippen LogP) is 1.54. The average molecular weight is 306 g/mol. The van der Waals surface area contributed by atoms with Crippen LogP contribution in [0.4, 0.5) is 0 Å². The first kappa shape index (κ1) is 15.5. The molecule has 0 radical (unpaired) electrons. The van der Waals surface area contributed by atoms with Crippen molar-refractivity contribution in [3.05, 3.63) is 21.3 Å². The zero-order valence-electron chi connectivity index (χ0n) is 10.0. The summed E-state index contributed by atoms with van der Waals surface area (Å²) >= 11 is 6.89. The van der Waals surface area contributed by atoms with Crippen LogP contribution in [0.25, 0.3) is 0 Å². The Labute approximate surface area is 118 Å². The summed E-state index contributed by atoms with van der Waals surface area (Å²) in [5, 5.41) is 13.2. The van der Waals surface area contributed by atoms with Crippen molar-refractivity contribution >= 4 is 40.8 Å². The summed E-state index contributed by atoms with van der Waals surface area (Å²) in [6.45, 7) is 0. The number of carbonyl (C=O) groups excluding carboxylic acids is 2. The molecule has 1 aromatic rings. The Bertz CT molecular complexity index is 487. The van der Waals surface area contributed by atoms with Gasteiger partial charge in [0.2, 0.25) is 0 Å². The van der Waals surface area contributed by atoms with Gasteiger partial charge in [-0.25, -0.2) is 4.79 Å². The van der Waals surface area contributed by atoms with Crippen LogP contribution in [-0.4, -0.2) is 36.1 Å². The number of carboxylic acid groups (broad SMARTS) is 1. The van der Waals surface area contributed by atoms with Crippen LogP contribution in [0, 0.1) is 0 Å². The van der Waals surface area contributed by atoms with Gasteiger partial charge in [0.25, 0.3) is 5.91 Å². The summed E-state index contributed by atoms with van der Waals surface area (Å²) in [7, 11) is 1.21. The number of methoxy groups -OCH3 is 1. The molecule has 0 saturated carbocycles. The van der Waals surface area contributed by atoms with E-state index < -0.39 is 23.9 Å². The first-order chi connectivity index (χ1) is 8.95. The zero-order valence-corrected chi connectivity index (χ0v) is 11.6. The molecule has 6 nitrogen and oxygen atoms in total. The van der Waals surface area contributed by atoms with E-state index >= 15 is 0 Å². The molecule has 1 unspecified atom stereocenters. The number of hydrogen-bond donors (Lipinski definition) is 2. The molecule has 0 aliphatic carbocycles. The van der Waals surface area contributed by atoms with Gasteiger partial charge < -0.3 is 15.2 Å². The van der Waals surface area contributed by atoms with Crippen molar-refractivity contribution < 1.29 is 24.2 Å². The van der Waals surface area contributed by atoms with Crippen LogP contribution in [0.15, 0.2) is 11.4 Å². The molecule has 2 N–H and O–H groups in total. The van der Waals surface area contributed by atoms with Gasteiger partial charge in [0.15, 0.2) is 0 Å².